The van der Waals surface area contributed by atoms with Gasteiger partial charge in [-0.1, -0.05) is 18.2 Å². The van der Waals surface area contributed by atoms with Crippen LogP contribution in [-0.2, 0) is 4.79 Å². The summed E-state index contributed by atoms with van der Waals surface area (Å²) in [5.74, 6) is 0.582. The van der Waals surface area contributed by atoms with Crippen molar-refractivity contribution in [1.29, 1.82) is 0 Å². The molecule has 0 radical (unpaired) electrons. The van der Waals surface area contributed by atoms with Gasteiger partial charge in [-0.2, -0.15) is 0 Å². The first-order valence-electron chi connectivity index (χ1n) is 5.85. The minimum Gasteiger partial charge on any atom is -0.352 e. The predicted octanol–water partition coefficient (Wildman–Crippen LogP) is 2.45. The number of rotatable bonds is 2. The zero-order chi connectivity index (χ0) is 11.0. The van der Waals surface area contributed by atoms with Gasteiger partial charge in [0.1, 0.15) is 0 Å². The highest BCUT2D eigenvalue weighted by atomic mass is 32.2. The van der Waals surface area contributed by atoms with E-state index in [2.05, 4.69) is 29.6 Å². The van der Waals surface area contributed by atoms with E-state index in [9.17, 15) is 4.79 Å². The molecule has 2 aliphatic rings. The Hall–Kier alpha value is -0.960. The van der Waals surface area contributed by atoms with Crippen molar-refractivity contribution in [1.82, 2.24) is 5.32 Å². The standard InChI is InChI=1S/C13H15NOS/c15-13-9-6-7-12(11(8-9)14-13)16-10-4-2-1-3-5-10/h1-5,9,11-12H,6-8H2,(H,14,15). The fourth-order valence-electron chi connectivity index (χ4n) is 2.65. The van der Waals surface area contributed by atoms with Crippen LogP contribution in [0.2, 0.25) is 0 Å². The highest BCUT2D eigenvalue weighted by Crippen LogP contribution is 2.39. The molecule has 0 aromatic heterocycles. The van der Waals surface area contributed by atoms with Crippen molar-refractivity contribution < 1.29 is 4.79 Å². The van der Waals surface area contributed by atoms with Crippen LogP contribution >= 0.6 is 11.8 Å². The van der Waals surface area contributed by atoms with Crippen molar-refractivity contribution in [3.8, 4) is 0 Å². The Kier molecular flexibility index (Phi) is 2.64. The minimum absolute atomic E-state index is 0.279. The first-order chi connectivity index (χ1) is 7.83. The average Bonchev–Trinajstić information content (AvgIpc) is 2.61. The van der Waals surface area contributed by atoms with E-state index in [1.165, 1.54) is 4.90 Å². The molecule has 3 heteroatoms. The molecular weight excluding hydrogens is 218 g/mol. The Morgan fingerprint density at radius 2 is 2.00 bits per heavy atom. The topological polar surface area (TPSA) is 29.1 Å². The van der Waals surface area contributed by atoms with Gasteiger partial charge in [0, 0.05) is 22.1 Å². The normalized spacial score (nSPS) is 32.5. The number of carbonyl (C=O) groups excluding carboxylic acids is 1. The van der Waals surface area contributed by atoms with Gasteiger partial charge in [-0.15, -0.1) is 11.8 Å². The molecule has 0 spiro atoms. The molecule has 1 saturated heterocycles. The van der Waals surface area contributed by atoms with Gasteiger partial charge in [-0.3, -0.25) is 4.79 Å². The van der Waals surface area contributed by atoms with Crippen LogP contribution in [0.25, 0.3) is 0 Å². The fourth-order valence-corrected chi connectivity index (χ4v) is 3.91. The summed E-state index contributed by atoms with van der Waals surface area (Å²) in [5, 5.41) is 3.69. The van der Waals surface area contributed by atoms with Gasteiger partial charge in [0.05, 0.1) is 0 Å². The van der Waals surface area contributed by atoms with Crippen molar-refractivity contribution in [3.63, 3.8) is 0 Å². The van der Waals surface area contributed by atoms with Crippen LogP contribution in [0.1, 0.15) is 19.3 Å². The number of amides is 1. The maximum Gasteiger partial charge on any atom is 0.223 e. The molecule has 1 aliphatic carbocycles. The Bertz CT molecular complexity index is 392. The molecule has 1 aliphatic heterocycles. The number of fused-ring (bicyclic) bond motifs is 2. The van der Waals surface area contributed by atoms with Crippen LogP contribution in [0.4, 0.5) is 0 Å². The van der Waals surface area contributed by atoms with Crippen molar-refractivity contribution >= 4 is 17.7 Å². The fraction of sp³-hybridized carbons (Fsp3) is 0.462. The summed E-state index contributed by atoms with van der Waals surface area (Å²) < 4.78 is 0. The highest BCUT2D eigenvalue weighted by Gasteiger charge is 2.41. The van der Waals surface area contributed by atoms with Gasteiger partial charge < -0.3 is 5.32 Å². The third kappa shape index (κ3) is 1.84. The summed E-state index contributed by atoms with van der Waals surface area (Å²) >= 11 is 1.91. The second kappa shape index (κ2) is 4.13. The van der Waals surface area contributed by atoms with Gasteiger partial charge in [-0.05, 0) is 31.4 Å². The van der Waals surface area contributed by atoms with E-state index in [-0.39, 0.29) is 5.91 Å². The Morgan fingerprint density at radius 1 is 1.19 bits per heavy atom. The van der Waals surface area contributed by atoms with E-state index in [1.807, 2.05) is 17.8 Å². The summed E-state index contributed by atoms with van der Waals surface area (Å²) in [6.45, 7) is 0. The van der Waals surface area contributed by atoms with E-state index >= 15 is 0 Å². The Morgan fingerprint density at radius 3 is 2.81 bits per heavy atom. The van der Waals surface area contributed by atoms with Gasteiger partial charge in [0.25, 0.3) is 0 Å². The summed E-state index contributed by atoms with van der Waals surface area (Å²) in [7, 11) is 0. The zero-order valence-electron chi connectivity index (χ0n) is 9.06. The smallest absolute Gasteiger partial charge is 0.223 e. The molecule has 2 nitrogen and oxygen atoms in total. The van der Waals surface area contributed by atoms with Crippen LogP contribution in [0.3, 0.4) is 0 Å². The van der Waals surface area contributed by atoms with Crippen LogP contribution < -0.4 is 5.32 Å². The lowest BCUT2D eigenvalue weighted by molar-refractivity contribution is -0.122. The van der Waals surface area contributed by atoms with Gasteiger partial charge in [0.2, 0.25) is 5.91 Å². The van der Waals surface area contributed by atoms with Crippen LogP contribution in [0.5, 0.6) is 0 Å². The Labute approximate surface area is 99.8 Å². The maximum atomic E-state index is 11.5. The van der Waals surface area contributed by atoms with Crippen LogP contribution in [0.15, 0.2) is 35.2 Å². The molecule has 1 aromatic rings. The second-order valence-electron chi connectivity index (χ2n) is 4.59. The van der Waals surface area contributed by atoms with Crippen LogP contribution in [0, 0.1) is 5.92 Å². The van der Waals surface area contributed by atoms with E-state index in [0.29, 0.717) is 17.2 Å². The minimum atomic E-state index is 0.279. The zero-order valence-corrected chi connectivity index (χ0v) is 9.87. The average molecular weight is 233 g/mol. The number of carbonyl (C=O) groups is 1. The molecule has 1 amide bonds. The van der Waals surface area contributed by atoms with Gasteiger partial charge in [0.15, 0.2) is 0 Å². The van der Waals surface area contributed by atoms with Gasteiger partial charge in [-0.25, -0.2) is 0 Å². The molecule has 3 rings (SSSR count). The number of nitrogens with one attached hydrogen (secondary N) is 1. The van der Waals surface area contributed by atoms with Crippen molar-refractivity contribution in [2.24, 2.45) is 5.92 Å². The molecule has 3 atom stereocenters. The molecule has 1 heterocycles. The van der Waals surface area contributed by atoms with Crippen molar-refractivity contribution in [2.75, 3.05) is 0 Å². The molecule has 1 aromatic carbocycles. The van der Waals surface area contributed by atoms with Crippen molar-refractivity contribution in [3.05, 3.63) is 30.3 Å². The first kappa shape index (κ1) is 10.2. The molecular formula is C13H15NOS. The summed E-state index contributed by atoms with van der Waals surface area (Å²) in [6, 6.07) is 10.9. The monoisotopic (exact) mass is 233 g/mol. The number of hydrogen-bond donors (Lipinski definition) is 1. The molecule has 84 valence electrons. The lowest BCUT2D eigenvalue weighted by Crippen LogP contribution is -2.34. The van der Waals surface area contributed by atoms with E-state index in [0.717, 1.165) is 19.3 Å². The summed E-state index contributed by atoms with van der Waals surface area (Å²) in [5.41, 5.74) is 0. The summed E-state index contributed by atoms with van der Waals surface area (Å²) in [6.07, 6.45) is 3.27. The third-order valence-corrected chi connectivity index (χ3v) is 4.93. The number of benzene rings is 1. The predicted molar refractivity (Wildman–Crippen MR) is 65.4 cm³/mol. The van der Waals surface area contributed by atoms with Crippen molar-refractivity contribution in [2.45, 2.75) is 35.4 Å². The van der Waals surface area contributed by atoms with E-state index in [1.54, 1.807) is 0 Å². The molecule has 3 unspecified atom stereocenters. The molecule has 2 fully saturated rings. The summed E-state index contributed by atoms with van der Waals surface area (Å²) in [4.78, 5) is 12.8. The number of thioether (sulfide) groups is 1. The lowest BCUT2D eigenvalue weighted by Gasteiger charge is -2.26. The molecule has 1 N–H and O–H groups in total. The highest BCUT2D eigenvalue weighted by molar-refractivity contribution is 8.00. The largest absolute Gasteiger partial charge is 0.352 e. The lowest BCUT2D eigenvalue weighted by atomic mass is 9.90. The van der Waals surface area contributed by atoms with E-state index < -0.39 is 0 Å². The van der Waals surface area contributed by atoms with Gasteiger partial charge >= 0.3 is 0 Å². The quantitative estimate of drug-likeness (QED) is 0.850. The molecule has 16 heavy (non-hydrogen) atoms. The first-order valence-corrected chi connectivity index (χ1v) is 6.73. The Balaban J connectivity index is 1.70. The maximum absolute atomic E-state index is 11.5. The second-order valence-corrected chi connectivity index (χ2v) is 5.91. The van der Waals surface area contributed by atoms with Crippen LogP contribution in [-0.4, -0.2) is 17.2 Å². The molecule has 1 saturated carbocycles. The third-order valence-electron chi connectivity index (χ3n) is 3.52. The SMILES string of the molecule is O=C1NC2CC1CCC2Sc1ccccc1. The number of hydrogen-bond acceptors (Lipinski definition) is 2. The van der Waals surface area contributed by atoms with E-state index in [4.69, 9.17) is 0 Å². The molecule has 2 bridgehead atoms.